The highest BCUT2D eigenvalue weighted by molar-refractivity contribution is 5.33. The first-order valence-electron chi connectivity index (χ1n) is 4.70. The molecule has 2 rings (SSSR count). The second kappa shape index (κ2) is 3.79. The van der Waals surface area contributed by atoms with Crippen LogP contribution >= 0.6 is 0 Å². The van der Waals surface area contributed by atoms with Gasteiger partial charge in [0.2, 0.25) is 11.8 Å². The van der Waals surface area contributed by atoms with Gasteiger partial charge in [0.1, 0.15) is 0 Å². The Bertz CT molecular complexity index is 323. The Hall–Kier alpha value is -1.36. The van der Waals surface area contributed by atoms with E-state index in [1.165, 1.54) is 0 Å². The van der Waals surface area contributed by atoms with Crippen molar-refractivity contribution in [3.63, 3.8) is 0 Å². The fourth-order valence-electron chi connectivity index (χ4n) is 1.45. The zero-order valence-electron chi connectivity index (χ0n) is 8.45. The molecule has 1 aliphatic heterocycles. The predicted octanol–water partition coefficient (Wildman–Crippen LogP) is 0.508. The third kappa shape index (κ3) is 1.77. The normalized spacial score (nSPS) is 16.0. The van der Waals surface area contributed by atoms with Crippen molar-refractivity contribution >= 4 is 5.95 Å². The molecule has 0 saturated carbocycles. The van der Waals surface area contributed by atoms with Gasteiger partial charge in [0.15, 0.2) is 0 Å². The topological polar surface area (TPSA) is 50.3 Å². The van der Waals surface area contributed by atoms with Crippen LogP contribution in [0.2, 0.25) is 0 Å². The first kappa shape index (κ1) is 9.21. The molecular formula is C9H14N4O. The average Bonchev–Trinajstić information content (AvgIpc) is 2.69. The zero-order chi connectivity index (χ0) is 9.97. The molecule has 0 bridgehead atoms. The summed E-state index contributed by atoms with van der Waals surface area (Å²) in [6.45, 7) is 3.87. The number of ether oxygens (including phenoxy) is 1. The maximum atomic E-state index is 5.09. The van der Waals surface area contributed by atoms with Crippen molar-refractivity contribution in [3.8, 4) is 5.88 Å². The van der Waals surface area contributed by atoms with Gasteiger partial charge in [-0.3, -0.25) is 5.01 Å². The van der Waals surface area contributed by atoms with Crippen molar-refractivity contribution in [2.24, 2.45) is 0 Å². The summed E-state index contributed by atoms with van der Waals surface area (Å²) in [5.41, 5.74) is 4.12. The first-order valence-corrected chi connectivity index (χ1v) is 4.70. The standard InChI is InChI=1S/C9H14N4O/c1-7-6-8(14-2)12-9(11-7)13-5-3-4-10-13/h6,10H,3-5H2,1-2H3. The lowest BCUT2D eigenvalue weighted by molar-refractivity contribution is 0.396. The summed E-state index contributed by atoms with van der Waals surface area (Å²) in [4.78, 5) is 8.60. The Labute approximate surface area is 83.1 Å². The quantitative estimate of drug-likeness (QED) is 0.743. The van der Waals surface area contributed by atoms with Crippen LogP contribution in [-0.4, -0.2) is 30.2 Å². The molecule has 1 aromatic heterocycles. The number of nitrogens with one attached hydrogen (secondary N) is 1. The number of methoxy groups -OCH3 is 1. The lowest BCUT2D eigenvalue weighted by atomic mass is 10.4. The summed E-state index contributed by atoms with van der Waals surface area (Å²) in [6.07, 6.45) is 1.12. The van der Waals surface area contributed by atoms with Crippen LogP contribution in [-0.2, 0) is 0 Å². The fraction of sp³-hybridized carbons (Fsp3) is 0.556. The Kier molecular flexibility index (Phi) is 2.49. The molecule has 0 aliphatic carbocycles. The fourth-order valence-corrected chi connectivity index (χ4v) is 1.45. The molecule has 1 fully saturated rings. The van der Waals surface area contributed by atoms with E-state index in [9.17, 15) is 0 Å². The number of hydrazine groups is 1. The molecule has 2 heterocycles. The molecule has 0 radical (unpaired) electrons. The van der Waals surface area contributed by atoms with Crippen molar-refractivity contribution in [3.05, 3.63) is 11.8 Å². The van der Waals surface area contributed by atoms with Crippen LogP contribution < -0.4 is 15.2 Å². The van der Waals surface area contributed by atoms with E-state index in [-0.39, 0.29) is 0 Å². The number of aryl methyl sites for hydroxylation is 1. The minimum absolute atomic E-state index is 0.612. The molecule has 0 atom stereocenters. The van der Waals surface area contributed by atoms with Crippen molar-refractivity contribution < 1.29 is 4.74 Å². The highest BCUT2D eigenvalue weighted by Gasteiger charge is 2.15. The van der Waals surface area contributed by atoms with Crippen molar-refractivity contribution in [2.45, 2.75) is 13.3 Å². The van der Waals surface area contributed by atoms with Crippen LogP contribution in [0.5, 0.6) is 5.88 Å². The van der Waals surface area contributed by atoms with Gasteiger partial charge in [0, 0.05) is 24.8 Å². The van der Waals surface area contributed by atoms with Crippen LogP contribution in [0.25, 0.3) is 0 Å². The largest absolute Gasteiger partial charge is 0.481 e. The Morgan fingerprint density at radius 1 is 1.50 bits per heavy atom. The van der Waals surface area contributed by atoms with Crippen LogP contribution in [0.4, 0.5) is 5.95 Å². The summed E-state index contributed by atoms with van der Waals surface area (Å²) in [5.74, 6) is 1.31. The Morgan fingerprint density at radius 3 is 3.00 bits per heavy atom. The molecule has 0 unspecified atom stereocenters. The van der Waals surface area contributed by atoms with Gasteiger partial charge in [-0.2, -0.15) is 4.98 Å². The minimum atomic E-state index is 0.612. The van der Waals surface area contributed by atoms with Crippen molar-refractivity contribution in [1.29, 1.82) is 0 Å². The van der Waals surface area contributed by atoms with Crippen LogP contribution in [0, 0.1) is 6.92 Å². The highest BCUT2D eigenvalue weighted by Crippen LogP contribution is 2.15. The van der Waals surface area contributed by atoms with Gasteiger partial charge in [-0.15, -0.1) is 0 Å². The molecule has 5 heteroatoms. The predicted molar refractivity (Wildman–Crippen MR) is 53.3 cm³/mol. The number of anilines is 1. The number of rotatable bonds is 2. The van der Waals surface area contributed by atoms with Crippen LogP contribution in [0.15, 0.2) is 6.07 Å². The van der Waals surface area contributed by atoms with Crippen molar-refractivity contribution in [1.82, 2.24) is 15.4 Å². The van der Waals surface area contributed by atoms with Crippen LogP contribution in [0.3, 0.4) is 0 Å². The molecule has 1 aliphatic rings. The van der Waals surface area contributed by atoms with Gasteiger partial charge < -0.3 is 4.74 Å². The van der Waals surface area contributed by atoms with Gasteiger partial charge in [-0.1, -0.05) is 0 Å². The molecule has 0 spiro atoms. The molecule has 14 heavy (non-hydrogen) atoms. The summed E-state index contributed by atoms with van der Waals surface area (Å²) >= 11 is 0. The molecule has 0 aromatic carbocycles. The van der Waals surface area contributed by atoms with Crippen LogP contribution in [0.1, 0.15) is 12.1 Å². The van der Waals surface area contributed by atoms with Crippen molar-refractivity contribution in [2.75, 3.05) is 25.2 Å². The minimum Gasteiger partial charge on any atom is -0.481 e. The van der Waals surface area contributed by atoms with E-state index in [0.29, 0.717) is 11.8 Å². The zero-order valence-corrected chi connectivity index (χ0v) is 8.45. The molecule has 0 amide bonds. The van der Waals surface area contributed by atoms with Gasteiger partial charge in [0.05, 0.1) is 7.11 Å². The van der Waals surface area contributed by atoms with Gasteiger partial charge in [-0.25, -0.2) is 10.4 Å². The number of nitrogens with zero attached hydrogens (tertiary/aromatic N) is 3. The van der Waals surface area contributed by atoms with E-state index in [1.807, 2.05) is 18.0 Å². The number of aromatic nitrogens is 2. The summed E-state index contributed by atoms with van der Waals surface area (Å²) in [7, 11) is 1.61. The second-order valence-corrected chi connectivity index (χ2v) is 3.26. The Morgan fingerprint density at radius 2 is 2.36 bits per heavy atom. The third-order valence-electron chi connectivity index (χ3n) is 2.13. The molecule has 1 aromatic rings. The smallest absolute Gasteiger partial charge is 0.243 e. The molecular weight excluding hydrogens is 180 g/mol. The molecule has 5 nitrogen and oxygen atoms in total. The van der Waals surface area contributed by atoms with E-state index in [2.05, 4.69) is 15.4 Å². The average molecular weight is 194 g/mol. The van der Waals surface area contributed by atoms with Gasteiger partial charge in [0.25, 0.3) is 0 Å². The first-order chi connectivity index (χ1) is 6.79. The summed E-state index contributed by atoms with van der Waals surface area (Å²) < 4.78 is 5.09. The highest BCUT2D eigenvalue weighted by atomic mass is 16.5. The SMILES string of the molecule is COc1cc(C)nc(N2CCCN2)n1. The molecule has 76 valence electrons. The summed E-state index contributed by atoms with van der Waals surface area (Å²) in [5, 5.41) is 1.95. The molecule has 1 N–H and O–H groups in total. The number of hydrogen-bond donors (Lipinski definition) is 1. The third-order valence-corrected chi connectivity index (χ3v) is 2.13. The van der Waals surface area contributed by atoms with Gasteiger partial charge >= 0.3 is 0 Å². The maximum absolute atomic E-state index is 5.09. The van der Waals surface area contributed by atoms with Gasteiger partial charge in [-0.05, 0) is 13.3 Å². The lowest BCUT2D eigenvalue weighted by Gasteiger charge is -2.15. The lowest BCUT2D eigenvalue weighted by Crippen LogP contribution is -2.32. The van der Waals surface area contributed by atoms with E-state index in [4.69, 9.17) is 4.74 Å². The van der Waals surface area contributed by atoms with E-state index in [0.717, 1.165) is 25.2 Å². The van der Waals surface area contributed by atoms with E-state index in [1.54, 1.807) is 7.11 Å². The molecule has 1 saturated heterocycles. The Balaban J connectivity index is 2.27. The maximum Gasteiger partial charge on any atom is 0.243 e. The number of hydrogen-bond acceptors (Lipinski definition) is 5. The second-order valence-electron chi connectivity index (χ2n) is 3.26. The monoisotopic (exact) mass is 194 g/mol. The summed E-state index contributed by atoms with van der Waals surface area (Å²) in [6, 6.07) is 1.82. The van der Waals surface area contributed by atoms with E-state index < -0.39 is 0 Å². The van der Waals surface area contributed by atoms with E-state index >= 15 is 0 Å².